The topological polar surface area (TPSA) is 212 Å². The third-order valence-corrected chi connectivity index (χ3v) is 7.22. The molecule has 1 aromatic heterocycles. The molecule has 0 bridgehead atoms. The molecule has 0 aromatic carbocycles. The number of thioether (sulfide) groups is 1. The number of β-lactam (4-membered cyclic amide) rings is 1. The van der Waals surface area contributed by atoms with Crippen LogP contribution in [-0.2, 0) is 33.3 Å². The van der Waals surface area contributed by atoms with Gasteiger partial charge in [-0.25, -0.2) is 19.4 Å². The van der Waals surface area contributed by atoms with Crippen LogP contribution in [0.15, 0.2) is 21.8 Å². The minimum absolute atomic E-state index is 0.0153. The van der Waals surface area contributed by atoms with E-state index in [-0.39, 0.29) is 34.5 Å². The molecule has 1 fully saturated rings. The Morgan fingerprint density at radius 1 is 1.25 bits per heavy atom. The van der Waals surface area contributed by atoms with Gasteiger partial charge in [-0.2, -0.15) is 0 Å². The second-order valence-electron chi connectivity index (χ2n) is 8.79. The van der Waals surface area contributed by atoms with Crippen LogP contribution >= 0.6 is 23.1 Å². The Morgan fingerprint density at radius 3 is 2.52 bits per heavy atom. The fraction of sp³-hybridized carbons (Fsp3) is 0.500. The lowest BCUT2D eigenvalue weighted by Crippen LogP contribution is -2.71. The molecule has 2 aliphatic rings. The standard InChI is InChI=1S/C22H28N6O10S2/c1-9(2)36-22(33)38-10(3)37-19(31)15-11(6-35-21(32)27(4)5)7-39-18-14(17(30)28(15)18)25-16(29)13(26-34)12-8-40-20(23)24-12/h8-10,14,18,34H,6-7H2,1-5H3,(H2,23,24)(H,25,29)/b26-13-. The number of amides is 3. The fourth-order valence-corrected chi connectivity index (χ4v) is 5.34. The summed E-state index contributed by atoms with van der Waals surface area (Å²) in [4.78, 5) is 69.1. The number of nitrogen functional groups attached to an aromatic ring is 1. The summed E-state index contributed by atoms with van der Waals surface area (Å²) in [5, 5.41) is 15.6. The predicted octanol–water partition coefficient (Wildman–Crippen LogP) is 0.707. The number of carbonyl (C=O) groups excluding carboxylic acids is 5. The molecule has 3 unspecified atom stereocenters. The van der Waals surface area contributed by atoms with Crippen molar-refractivity contribution in [2.24, 2.45) is 5.16 Å². The average molecular weight is 601 g/mol. The van der Waals surface area contributed by atoms with Crippen molar-refractivity contribution in [3.8, 4) is 0 Å². The highest BCUT2D eigenvalue weighted by Crippen LogP contribution is 2.41. The first-order valence-electron chi connectivity index (χ1n) is 11.7. The number of aromatic nitrogens is 1. The number of nitrogens with one attached hydrogen (secondary N) is 1. The molecular weight excluding hydrogens is 572 g/mol. The minimum atomic E-state index is -1.38. The second-order valence-corrected chi connectivity index (χ2v) is 10.8. The van der Waals surface area contributed by atoms with Crippen LogP contribution < -0.4 is 11.1 Å². The number of fused-ring (bicyclic) bond motifs is 1. The monoisotopic (exact) mass is 600 g/mol. The Bertz CT molecular complexity index is 1250. The van der Waals surface area contributed by atoms with Crippen LogP contribution in [-0.4, -0.2) is 106 Å². The van der Waals surface area contributed by atoms with Gasteiger partial charge in [0.25, 0.3) is 11.8 Å². The third-order valence-electron chi connectivity index (χ3n) is 5.21. The van der Waals surface area contributed by atoms with Gasteiger partial charge in [-0.1, -0.05) is 5.16 Å². The van der Waals surface area contributed by atoms with Gasteiger partial charge in [0.2, 0.25) is 6.29 Å². The van der Waals surface area contributed by atoms with Crippen molar-refractivity contribution in [1.82, 2.24) is 20.1 Å². The minimum Gasteiger partial charge on any atom is -0.445 e. The number of nitrogens with two attached hydrogens (primary N) is 1. The summed E-state index contributed by atoms with van der Waals surface area (Å²) in [6, 6.07) is -1.10. The number of hydrogen-bond acceptors (Lipinski definition) is 15. The van der Waals surface area contributed by atoms with Gasteiger partial charge in [0.1, 0.15) is 29.4 Å². The lowest BCUT2D eigenvalue weighted by Gasteiger charge is -2.49. The molecule has 4 N–H and O–H groups in total. The molecule has 16 nitrogen and oxygen atoms in total. The summed E-state index contributed by atoms with van der Waals surface area (Å²) in [5.41, 5.74) is 5.17. The Balaban J connectivity index is 1.79. The van der Waals surface area contributed by atoms with Crippen LogP contribution in [0.4, 0.5) is 14.7 Å². The number of ether oxygens (including phenoxy) is 4. The van der Waals surface area contributed by atoms with Crippen LogP contribution in [0.3, 0.4) is 0 Å². The highest BCUT2D eigenvalue weighted by atomic mass is 32.2. The van der Waals surface area contributed by atoms with Gasteiger partial charge in [-0.15, -0.1) is 23.1 Å². The molecule has 0 aliphatic carbocycles. The first kappa shape index (κ1) is 30.5. The van der Waals surface area contributed by atoms with Crippen molar-refractivity contribution in [1.29, 1.82) is 0 Å². The van der Waals surface area contributed by atoms with Crippen molar-refractivity contribution in [2.45, 2.75) is 44.6 Å². The van der Waals surface area contributed by atoms with E-state index in [0.29, 0.717) is 0 Å². The van der Waals surface area contributed by atoms with Crippen molar-refractivity contribution < 1.29 is 48.1 Å². The predicted molar refractivity (Wildman–Crippen MR) is 140 cm³/mol. The zero-order chi connectivity index (χ0) is 29.7. The Hall–Kier alpha value is -4.06. The quantitative estimate of drug-likeness (QED) is 0.0678. The molecule has 0 saturated carbocycles. The molecule has 1 aromatic rings. The molecule has 18 heteroatoms. The molecule has 0 radical (unpaired) electrons. The van der Waals surface area contributed by atoms with Crippen LogP contribution in [0.2, 0.25) is 0 Å². The van der Waals surface area contributed by atoms with E-state index in [4.69, 9.17) is 24.7 Å². The first-order valence-corrected chi connectivity index (χ1v) is 13.6. The highest BCUT2D eigenvalue weighted by Gasteiger charge is 2.55. The second kappa shape index (κ2) is 12.9. The van der Waals surface area contributed by atoms with E-state index in [1.165, 1.54) is 43.1 Å². The summed E-state index contributed by atoms with van der Waals surface area (Å²) in [7, 11) is 2.95. The number of anilines is 1. The lowest BCUT2D eigenvalue weighted by molar-refractivity contribution is -0.169. The molecule has 40 heavy (non-hydrogen) atoms. The lowest BCUT2D eigenvalue weighted by atomic mass is 10.0. The molecule has 3 atom stereocenters. The van der Waals surface area contributed by atoms with Gasteiger partial charge >= 0.3 is 18.2 Å². The maximum atomic E-state index is 13.2. The van der Waals surface area contributed by atoms with Gasteiger partial charge in [0.05, 0.1) is 6.10 Å². The molecule has 1 saturated heterocycles. The van der Waals surface area contributed by atoms with Crippen LogP contribution in [0.1, 0.15) is 26.5 Å². The van der Waals surface area contributed by atoms with E-state index >= 15 is 0 Å². The summed E-state index contributed by atoms with van der Waals surface area (Å²) in [6.45, 7) is 4.16. The zero-order valence-corrected chi connectivity index (χ0v) is 23.7. The summed E-state index contributed by atoms with van der Waals surface area (Å²) in [5.74, 6) is -2.48. The fourth-order valence-electron chi connectivity index (χ4n) is 3.47. The van der Waals surface area contributed by atoms with E-state index in [0.717, 1.165) is 16.2 Å². The van der Waals surface area contributed by atoms with Crippen molar-refractivity contribution in [2.75, 3.05) is 32.2 Å². The van der Waals surface area contributed by atoms with Crippen LogP contribution in [0, 0.1) is 0 Å². The molecule has 218 valence electrons. The number of rotatable bonds is 9. The molecule has 0 spiro atoms. The Morgan fingerprint density at radius 2 is 1.95 bits per heavy atom. The maximum Gasteiger partial charge on any atom is 0.511 e. The molecule has 3 amide bonds. The summed E-state index contributed by atoms with van der Waals surface area (Å²) < 4.78 is 20.2. The van der Waals surface area contributed by atoms with Gasteiger partial charge in [0.15, 0.2) is 10.8 Å². The number of carbonyl (C=O) groups is 5. The van der Waals surface area contributed by atoms with Gasteiger partial charge in [-0.05, 0) is 13.8 Å². The normalized spacial score (nSPS) is 19.3. The first-order chi connectivity index (χ1) is 18.8. The highest BCUT2D eigenvalue weighted by molar-refractivity contribution is 8.00. The van der Waals surface area contributed by atoms with Gasteiger partial charge in [-0.3, -0.25) is 14.5 Å². The number of hydrogen-bond donors (Lipinski definition) is 3. The SMILES string of the molecule is CC(C)OC(=O)OC(C)OC(=O)C1=C(COC(=O)N(C)C)CSC2C(NC(=O)/C(=N\O)c3csc(N)n3)C(=O)N12. The third kappa shape index (κ3) is 6.92. The van der Waals surface area contributed by atoms with E-state index in [1.54, 1.807) is 13.8 Å². The molecule has 2 aliphatic heterocycles. The van der Waals surface area contributed by atoms with Crippen LogP contribution in [0.5, 0.6) is 0 Å². The number of nitrogens with zero attached hydrogens (tertiary/aromatic N) is 4. The van der Waals surface area contributed by atoms with Gasteiger partial charge in [0, 0.05) is 37.7 Å². The largest absolute Gasteiger partial charge is 0.511 e. The molecule has 3 heterocycles. The zero-order valence-electron chi connectivity index (χ0n) is 22.1. The number of oxime groups is 1. The average Bonchev–Trinajstić information content (AvgIpc) is 3.30. The summed E-state index contributed by atoms with van der Waals surface area (Å²) in [6.07, 6.45) is -3.60. The van der Waals surface area contributed by atoms with Crippen molar-refractivity contribution >= 4 is 64.0 Å². The maximum absolute atomic E-state index is 13.2. The van der Waals surface area contributed by atoms with E-state index in [9.17, 15) is 29.2 Å². The van der Waals surface area contributed by atoms with E-state index < -0.39 is 59.6 Å². The van der Waals surface area contributed by atoms with Crippen molar-refractivity contribution in [3.63, 3.8) is 0 Å². The van der Waals surface area contributed by atoms with E-state index in [1.807, 2.05) is 0 Å². The van der Waals surface area contributed by atoms with Gasteiger partial charge < -0.3 is 40.1 Å². The molecular formula is C22H28N6O10S2. The number of thiazole rings is 1. The van der Waals surface area contributed by atoms with Crippen molar-refractivity contribution in [3.05, 3.63) is 22.3 Å². The summed E-state index contributed by atoms with van der Waals surface area (Å²) >= 11 is 2.22. The number of esters is 1. The van der Waals surface area contributed by atoms with Crippen LogP contribution in [0.25, 0.3) is 0 Å². The smallest absolute Gasteiger partial charge is 0.445 e. The Kier molecular flexibility index (Phi) is 9.80. The Labute approximate surface area is 236 Å². The van der Waals surface area contributed by atoms with E-state index in [2.05, 4.69) is 15.5 Å². The molecule has 3 rings (SSSR count).